The molecule has 0 aromatic heterocycles. The van der Waals surface area contributed by atoms with E-state index in [0.717, 1.165) is 43.2 Å². The SMILES string of the molecule is C#Cc1cccc(C2(NCC(O)C3Cc4cc(F)cc(c4)OCCCCN(CCC)C(=O)CCC(=O)N3)CC2)c1. The summed E-state index contributed by atoms with van der Waals surface area (Å²) in [6, 6.07) is 11.6. The van der Waals surface area contributed by atoms with Gasteiger partial charge in [-0.15, -0.1) is 6.42 Å². The number of fused-ring (bicyclic) bond motifs is 2. The maximum absolute atomic E-state index is 14.5. The minimum Gasteiger partial charge on any atom is -0.493 e. The molecular weight excluding hydrogens is 509 g/mol. The first-order valence-corrected chi connectivity index (χ1v) is 14.3. The molecule has 1 fully saturated rings. The summed E-state index contributed by atoms with van der Waals surface area (Å²) in [5.74, 6) is 2.26. The van der Waals surface area contributed by atoms with Gasteiger partial charge in [0.15, 0.2) is 0 Å². The molecule has 0 radical (unpaired) electrons. The van der Waals surface area contributed by atoms with Crippen molar-refractivity contribution in [3.8, 4) is 18.1 Å². The fourth-order valence-electron chi connectivity index (χ4n) is 5.28. The van der Waals surface area contributed by atoms with E-state index in [2.05, 4.69) is 16.6 Å². The number of hydrogen-bond acceptors (Lipinski definition) is 5. The second kappa shape index (κ2) is 13.8. The number of amides is 2. The topological polar surface area (TPSA) is 90.9 Å². The van der Waals surface area contributed by atoms with Gasteiger partial charge in [-0.25, -0.2) is 4.39 Å². The molecule has 2 aromatic rings. The Hall–Kier alpha value is -3.41. The van der Waals surface area contributed by atoms with Crippen molar-refractivity contribution in [3.63, 3.8) is 0 Å². The number of aliphatic hydroxyl groups is 1. The zero-order valence-corrected chi connectivity index (χ0v) is 23.3. The van der Waals surface area contributed by atoms with Gasteiger partial charge in [-0.3, -0.25) is 9.59 Å². The van der Waals surface area contributed by atoms with Crippen LogP contribution < -0.4 is 15.4 Å². The maximum Gasteiger partial charge on any atom is 0.223 e. The summed E-state index contributed by atoms with van der Waals surface area (Å²) in [6.45, 7) is 3.86. The number of benzene rings is 2. The predicted molar refractivity (Wildman–Crippen MR) is 152 cm³/mol. The molecule has 214 valence electrons. The first-order valence-electron chi connectivity index (χ1n) is 14.3. The lowest BCUT2D eigenvalue weighted by molar-refractivity contribution is -0.134. The van der Waals surface area contributed by atoms with Gasteiger partial charge < -0.3 is 25.4 Å². The zero-order valence-electron chi connectivity index (χ0n) is 23.3. The zero-order chi connectivity index (χ0) is 28.5. The highest BCUT2D eigenvalue weighted by atomic mass is 19.1. The molecule has 1 aliphatic heterocycles. The summed E-state index contributed by atoms with van der Waals surface area (Å²) in [7, 11) is 0. The van der Waals surface area contributed by atoms with Crippen molar-refractivity contribution in [1.29, 1.82) is 0 Å². The Morgan fingerprint density at radius 3 is 2.80 bits per heavy atom. The number of carbonyl (C=O) groups is 2. The van der Waals surface area contributed by atoms with E-state index < -0.39 is 18.0 Å². The third-order valence-electron chi connectivity index (χ3n) is 7.68. The molecule has 2 unspecified atom stereocenters. The van der Waals surface area contributed by atoms with Gasteiger partial charge in [0, 0.05) is 49.6 Å². The highest BCUT2D eigenvalue weighted by Crippen LogP contribution is 2.45. The Labute approximate surface area is 236 Å². The van der Waals surface area contributed by atoms with E-state index in [4.69, 9.17) is 11.2 Å². The molecule has 8 heteroatoms. The molecular formula is C32H40FN3O4. The highest BCUT2D eigenvalue weighted by molar-refractivity contribution is 5.84. The summed E-state index contributed by atoms with van der Waals surface area (Å²) in [6.07, 6.45) is 9.08. The van der Waals surface area contributed by atoms with Crippen LogP contribution in [0.5, 0.6) is 5.75 Å². The number of carbonyl (C=O) groups excluding carboxylic acids is 2. The molecule has 2 aliphatic rings. The summed E-state index contributed by atoms with van der Waals surface area (Å²) >= 11 is 0. The molecule has 40 heavy (non-hydrogen) atoms. The second-order valence-electron chi connectivity index (χ2n) is 10.9. The third kappa shape index (κ3) is 8.06. The van der Waals surface area contributed by atoms with E-state index in [-0.39, 0.29) is 43.2 Å². The minimum atomic E-state index is -0.962. The third-order valence-corrected chi connectivity index (χ3v) is 7.68. The molecule has 2 aromatic carbocycles. The number of nitrogens with one attached hydrogen (secondary N) is 2. The Kier molecular flexibility index (Phi) is 10.2. The van der Waals surface area contributed by atoms with Gasteiger partial charge in [-0.1, -0.05) is 25.0 Å². The standard InChI is InChI=1S/C32H40FN3O4/c1-3-14-36-15-5-6-16-40-27-19-24(18-26(33)21-27)20-28(35-30(38)10-11-31(36)39)29(37)22-34-32(12-13-32)25-9-7-8-23(4-2)17-25/h2,7-9,17-19,21,28-29,34,37H,3,5-6,10-16,20,22H2,1H3,(H,35,38). The fraction of sp³-hybridized carbons (Fsp3) is 0.500. The minimum absolute atomic E-state index is 0.0238. The first-order chi connectivity index (χ1) is 19.3. The largest absolute Gasteiger partial charge is 0.493 e. The quantitative estimate of drug-likeness (QED) is 0.459. The monoisotopic (exact) mass is 549 g/mol. The van der Waals surface area contributed by atoms with Crippen LogP contribution in [-0.4, -0.2) is 60.2 Å². The summed E-state index contributed by atoms with van der Waals surface area (Å²) in [4.78, 5) is 27.6. The van der Waals surface area contributed by atoms with Gasteiger partial charge in [-0.2, -0.15) is 0 Å². The lowest BCUT2D eigenvalue weighted by atomic mass is 9.98. The van der Waals surface area contributed by atoms with Gasteiger partial charge in [0.25, 0.3) is 0 Å². The van der Waals surface area contributed by atoms with Gasteiger partial charge in [-0.05, 0) is 73.9 Å². The van der Waals surface area contributed by atoms with Gasteiger partial charge in [0.2, 0.25) is 11.8 Å². The molecule has 0 spiro atoms. The molecule has 7 nitrogen and oxygen atoms in total. The fourth-order valence-corrected chi connectivity index (χ4v) is 5.28. The number of nitrogens with zero attached hydrogens (tertiary/aromatic N) is 1. The summed E-state index contributed by atoms with van der Waals surface area (Å²) in [5.41, 5.74) is 2.20. The average molecular weight is 550 g/mol. The van der Waals surface area contributed by atoms with Crippen LogP contribution in [0.2, 0.25) is 0 Å². The summed E-state index contributed by atoms with van der Waals surface area (Å²) < 4.78 is 20.3. The number of terminal acetylenes is 1. The van der Waals surface area contributed by atoms with Crippen molar-refractivity contribution in [1.82, 2.24) is 15.5 Å². The number of rotatable bonds is 7. The van der Waals surface area contributed by atoms with E-state index >= 15 is 0 Å². The van der Waals surface area contributed by atoms with Crippen molar-refractivity contribution in [2.24, 2.45) is 0 Å². The van der Waals surface area contributed by atoms with Crippen LogP contribution in [0.4, 0.5) is 4.39 Å². The van der Waals surface area contributed by atoms with Crippen molar-refractivity contribution < 1.29 is 23.8 Å². The van der Waals surface area contributed by atoms with Crippen LogP contribution in [0.15, 0.2) is 42.5 Å². The van der Waals surface area contributed by atoms with Crippen molar-refractivity contribution in [2.75, 3.05) is 26.2 Å². The summed E-state index contributed by atoms with van der Waals surface area (Å²) in [5, 5.41) is 17.7. The Morgan fingerprint density at radius 1 is 1.23 bits per heavy atom. The van der Waals surface area contributed by atoms with Crippen LogP contribution in [0.3, 0.4) is 0 Å². The smallest absolute Gasteiger partial charge is 0.223 e. The van der Waals surface area contributed by atoms with Crippen LogP contribution in [-0.2, 0) is 21.5 Å². The number of aliphatic hydroxyl groups excluding tert-OH is 1. The lowest BCUT2D eigenvalue weighted by Crippen LogP contribution is -2.50. The predicted octanol–water partition coefficient (Wildman–Crippen LogP) is 3.67. The second-order valence-corrected chi connectivity index (χ2v) is 10.9. The van der Waals surface area contributed by atoms with E-state index in [0.29, 0.717) is 31.0 Å². The van der Waals surface area contributed by atoms with E-state index in [1.165, 1.54) is 12.1 Å². The van der Waals surface area contributed by atoms with Gasteiger partial charge in [0.1, 0.15) is 11.6 Å². The van der Waals surface area contributed by atoms with E-state index in [1.54, 1.807) is 11.0 Å². The van der Waals surface area contributed by atoms with Crippen LogP contribution in [0, 0.1) is 18.2 Å². The van der Waals surface area contributed by atoms with Crippen LogP contribution in [0.1, 0.15) is 68.6 Å². The van der Waals surface area contributed by atoms with Crippen molar-refractivity contribution in [2.45, 2.75) is 76.0 Å². The number of hydrogen-bond donors (Lipinski definition) is 3. The number of halogens is 1. The Balaban J connectivity index is 1.50. The highest BCUT2D eigenvalue weighted by Gasteiger charge is 2.44. The molecule has 1 heterocycles. The van der Waals surface area contributed by atoms with Gasteiger partial charge >= 0.3 is 0 Å². The Bertz CT molecular complexity index is 1220. The first kappa shape index (κ1) is 29.6. The van der Waals surface area contributed by atoms with Crippen LogP contribution >= 0.6 is 0 Å². The molecule has 2 amide bonds. The molecule has 2 atom stereocenters. The average Bonchev–Trinajstić information content (AvgIpc) is 3.74. The molecule has 1 saturated carbocycles. The molecule has 2 bridgehead atoms. The molecule has 0 saturated heterocycles. The number of ether oxygens (including phenoxy) is 1. The lowest BCUT2D eigenvalue weighted by Gasteiger charge is -2.28. The van der Waals surface area contributed by atoms with Gasteiger partial charge in [0.05, 0.1) is 18.8 Å². The molecule has 1 aliphatic carbocycles. The van der Waals surface area contributed by atoms with Crippen molar-refractivity contribution in [3.05, 3.63) is 65.0 Å². The molecule has 3 N–H and O–H groups in total. The van der Waals surface area contributed by atoms with Crippen LogP contribution in [0.25, 0.3) is 0 Å². The van der Waals surface area contributed by atoms with Crippen molar-refractivity contribution >= 4 is 11.8 Å². The maximum atomic E-state index is 14.5. The van der Waals surface area contributed by atoms with E-state index in [9.17, 15) is 19.1 Å². The molecule has 4 rings (SSSR count). The normalized spacial score (nSPS) is 20.6. The Morgan fingerprint density at radius 2 is 2.05 bits per heavy atom. The van der Waals surface area contributed by atoms with E-state index in [1.807, 2.05) is 31.2 Å².